The normalized spacial score (nSPS) is 10.3. The molecule has 1 aromatic carbocycles. The molecule has 0 bridgehead atoms. The number of urea groups is 1. The van der Waals surface area contributed by atoms with Gasteiger partial charge in [-0.05, 0) is 31.0 Å². The largest absolute Gasteiger partial charge is 0.338 e. The van der Waals surface area contributed by atoms with Gasteiger partial charge in [0.1, 0.15) is 0 Å². The molecule has 0 atom stereocenters. The van der Waals surface area contributed by atoms with Crippen molar-refractivity contribution in [3.05, 3.63) is 47.5 Å². The van der Waals surface area contributed by atoms with E-state index in [-0.39, 0.29) is 6.03 Å². The molecule has 0 aliphatic carbocycles. The molecule has 1 aromatic heterocycles. The highest BCUT2D eigenvalue weighted by Crippen LogP contribution is 2.22. The molecule has 5 nitrogen and oxygen atoms in total. The van der Waals surface area contributed by atoms with E-state index in [1.54, 1.807) is 18.6 Å². The second-order valence-corrected chi connectivity index (χ2v) is 4.93. The Labute approximate surface area is 123 Å². The number of hydrogen-bond donors (Lipinski definition) is 2. The number of amides is 2. The molecule has 2 rings (SSSR count). The van der Waals surface area contributed by atoms with Gasteiger partial charge in [0.2, 0.25) is 0 Å². The highest BCUT2D eigenvalue weighted by Gasteiger charge is 2.04. The summed E-state index contributed by atoms with van der Waals surface area (Å²) in [5, 5.41) is 6.06. The van der Waals surface area contributed by atoms with Gasteiger partial charge in [0.15, 0.2) is 0 Å². The Morgan fingerprint density at radius 2 is 2.30 bits per heavy atom. The molecular weight excluding hydrogens is 276 g/mol. The van der Waals surface area contributed by atoms with Crippen molar-refractivity contribution in [2.24, 2.45) is 0 Å². The number of nitrogens with zero attached hydrogens (tertiary/aromatic N) is 2. The zero-order valence-electron chi connectivity index (χ0n) is 11.3. The van der Waals surface area contributed by atoms with Crippen molar-refractivity contribution < 1.29 is 4.79 Å². The van der Waals surface area contributed by atoms with Crippen LogP contribution in [0.15, 0.2) is 36.9 Å². The molecule has 1 heterocycles. The maximum atomic E-state index is 11.7. The van der Waals surface area contributed by atoms with Crippen LogP contribution in [0.1, 0.15) is 12.0 Å². The Balaban J connectivity index is 1.72. The highest BCUT2D eigenvalue weighted by molar-refractivity contribution is 6.33. The summed E-state index contributed by atoms with van der Waals surface area (Å²) in [7, 11) is 0. The summed E-state index contributed by atoms with van der Waals surface area (Å²) in [4.78, 5) is 15.7. The van der Waals surface area contributed by atoms with E-state index in [1.807, 2.05) is 29.8 Å². The lowest BCUT2D eigenvalue weighted by Gasteiger charge is -2.09. The van der Waals surface area contributed by atoms with Gasteiger partial charge in [-0.25, -0.2) is 9.78 Å². The van der Waals surface area contributed by atoms with E-state index in [1.165, 1.54) is 0 Å². The van der Waals surface area contributed by atoms with Crippen LogP contribution in [0.25, 0.3) is 0 Å². The maximum Gasteiger partial charge on any atom is 0.319 e. The Kier molecular flexibility index (Phi) is 5.01. The van der Waals surface area contributed by atoms with Gasteiger partial charge in [0.05, 0.1) is 17.0 Å². The van der Waals surface area contributed by atoms with Crippen molar-refractivity contribution >= 4 is 23.3 Å². The number of carbonyl (C=O) groups is 1. The van der Waals surface area contributed by atoms with Crippen molar-refractivity contribution in [3.8, 4) is 0 Å². The van der Waals surface area contributed by atoms with Gasteiger partial charge < -0.3 is 15.2 Å². The second-order valence-electron chi connectivity index (χ2n) is 4.52. The highest BCUT2D eigenvalue weighted by atomic mass is 35.5. The molecule has 0 unspecified atom stereocenters. The average Bonchev–Trinajstić information content (AvgIpc) is 2.91. The van der Waals surface area contributed by atoms with Gasteiger partial charge in [0, 0.05) is 25.5 Å². The van der Waals surface area contributed by atoms with E-state index in [0.29, 0.717) is 17.3 Å². The lowest BCUT2D eigenvalue weighted by atomic mass is 10.2. The quantitative estimate of drug-likeness (QED) is 0.832. The minimum atomic E-state index is -0.249. The van der Waals surface area contributed by atoms with Gasteiger partial charge >= 0.3 is 6.03 Å². The third-order valence-corrected chi connectivity index (χ3v) is 3.12. The molecule has 2 N–H and O–H groups in total. The molecule has 0 saturated carbocycles. The summed E-state index contributed by atoms with van der Waals surface area (Å²) in [5.74, 6) is 0. The molecule has 20 heavy (non-hydrogen) atoms. The van der Waals surface area contributed by atoms with Crippen molar-refractivity contribution in [3.63, 3.8) is 0 Å². The zero-order valence-corrected chi connectivity index (χ0v) is 12.0. The van der Waals surface area contributed by atoms with Crippen LogP contribution >= 0.6 is 11.6 Å². The number of hydrogen-bond acceptors (Lipinski definition) is 2. The molecular formula is C14H17ClN4O. The molecule has 0 saturated heterocycles. The molecule has 6 heteroatoms. The fourth-order valence-corrected chi connectivity index (χ4v) is 2.05. The molecule has 2 aromatic rings. The number of carbonyl (C=O) groups excluding carboxylic acids is 1. The third kappa shape index (κ3) is 4.28. The Morgan fingerprint density at radius 1 is 1.45 bits per heavy atom. The molecule has 0 aliphatic heterocycles. The van der Waals surface area contributed by atoms with Gasteiger partial charge in [-0.15, -0.1) is 0 Å². The standard InChI is InChI=1S/C14H17ClN4O/c1-11-3-4-13(12(15)9-11)18-14(20)17-5-2-7-19-8-6-16-10-19/h3-4,6,8-10H,2,5,7H2,1H3,(H2,17,18,20). The lowest BCUT2D eigenvalue weighted by molar-refractivity contribution is 0.252. The number of benzene rings is 1. The van der Waals surface area contributed by atoms with Crippen molar-refractivity contribution in [1.82, 2.24) is 14.9 Å². The monoisotopic (exact) mass is 292 g/mol. The van der Waals surface area contributed by atoms with E-state index in [4.69, 9.17) is 11.6 Å². The van der Waals surface area contributed by atoms with Gasteiger partial charge in [-0.1, -0.05) is 17.7 Å². The minimum Gasteiger partial charge on any atom is -0.338 e. The fraction of sp³-hybridized carbons (Fsp3) is 0.286. The summed E-state index contributed by atoms with van der Waals surface area (Å²) in [6, 6.07) is 5.26. The summed E-state index contributed by atoms with van der Waals surface area (Å²) < 4.78 is 1.97. The van der Waals surface area contributed by atoms with Crippen molar-refractivity contribution in [2.75, 3.05) is 11.9 Å². The minimum absolute atomic E-state index is 0.249. The van der Waals surface area contributed by atoms with Gasteiger partial charge in [-0.2, -0.15) is 0 Å². The van der Waals surface area contributed by atoms with Crippen LogP contribution < -0.4 is 10.6 Å². The van der Waals surface area contributed by atoms with Crippen LogP contribution in [0, 0.1) is 6.92 Å². The van der Waals surface area contributed by atoms with Crippen LogP contribution in [-0.2, 0) is 6.54 Å². The Morgan fingerprint density at radius 3 is 3.00 bits per heavy atom. The zero-order chi connectivity index (χ0) is 14.4. The maximum absolute atomic E-state index is 11.7. The molecule has 0 radical (unpaired) electrons. The summed E-state index contributed by atoms with van der Waals surface area (Å²) in [6.45, 7) is 3.37. The van der Waals surface area contributed by atoms with E-state index in [9.17, 15) is 4.79 Å². The number of aromatic nitrogens is 2. The van der Waals surface area contributed by atoms with Crippen molar-refractivity contribution in [1.29, 1.82) is 0 Å². The van der Waals surface area contributed by atoms with Gasteiger partial charge in [0.25, 0.3) is 0 Å². The van der Waals surface area contributed by atoms with Crippen LogP contribution in [0.2, 0.25) is 5.02 Å². The van der Waals surface area contributed by atoms with Crippen LogP contribution in [0.4, 0.5) is 10.5 Å². The van der Waals surface area contributed by atoms with Crippen LogP contribution in [-0.4, -0.2) is 22.1 Å². The number of halogens is 1. The molecule has 2 amide bonds. The van der Waals surface area contributed by atoms with E-state index < -0.39 is 0 Å². The first-order valence-electron chi connectivity index (χ1n) is 6.42. The van der Waals surface area contributed by atoms with E-state index in [0.717, 1.165) is 18.5 Å². The molecule has 106 valence electrons. The first kappa shape index (κ1) is 14.4. The third-order valence-electron chi connectivity index (χ3n) is 2.81. The topological polar surface area (TPSA) is 59.0 Å². The smallest absolute Gasteiger partial charge is 0.319 e. The average molecular weight is 293 g/mol. The fourth-order valence-electron chi connectivity index (χ4n) is 1.77. The first-order valence-corrected chi connectivity index (χ1v) is 6.80. The molecule has 0 fully saturated rings. The van der Waals surface area contributed by atoms with Crippen LogP contribution in [0.5, 0.6) is 0 Å². The number of imidazole rings is 1. The Bertz CT molecular complexity index is 569. The summed E-state index contributed by atoms with van der Waals surface area (Å²) in [5.41, 5.74) is 1.67. The number of aryl methyl sites for hydroxylation is 2. The SMILES string of the molecule is Cc1ccc(NC(=O)NCCCn2ccnc2)c(Cl)c1. The predicted molar refractivity (Wildman–Crippen MR) is 80.1 cm³/mol. The lowest BCUT2D eigenvalue weighted by Crippen LogP contribution is -2.30. The Hall–Kier alpha value is -2.01. The predicted octanol–water partition coefficient (Wildman–Crippen LogP) is 3.06. The number of nitrogens with one attached hydrogen (secondary N) is 2. The molecule has 0 aliphatic rings. The van der Waals surface area contributed by atoms with E-state index in [2.05, 4.69) is 15.6 Å². The van der Waals surface area contributed by atoms with E-state index >= 15 is 0 Å². The summed E-state index contributed by atoms with van der Waals surface area (Å²) >= 11 is 6.05. The second kappa shape index (κ2) is 6.96. The summed E-state index contributed by atoms with van der Waals surface area (Å²) in [6.07, 6.45) is 6.23. The molecule has 0 spiro atoms. The first-order chi connectivity index (χ1) is 9.65. The van der Waals surface area contributed by atoms with Crippen LogP contribution in [0.3, 0.4) is 0 Å². The van der Waals surface area contributed by atoms with Gasteiger partial charge in [-0.3, -0.25) is 0 Å². The number of anilines is 1. The van der Waals surface area contributed by atoms with Crippen molar-refractivity contribution in [2.45, 2.75) is 19.9 Å². The number of rotatable bonds is 5.